The number of rotatable bonds is 6. The second-order valence-electron chi connectivity index (χ2n) is 7.80. The highest BCUT2D eigenvalue weighted by Crippen LogP contribution is 2.31. The number of hydrogen-bond donors (Lipinski definition) is 2. The van der Waals surface area contributed by atoms with Crippen LogP contribution in [-0.4, -0.2) is 70.2 Å². The highest BCUT2D eigenvalue weighted by atomic mass is 32.2. The van der Waals surface area contributed by atoms with Crippen molar-refractivity contribution in [2.24, 2.45) is 0 Å². The molecule has 9 nitrogen and oxygen atoms in total. The van der Waals surface area contributed by atoms with E-state index in [0.717, 1.165) is 57.5 Å². The van der Waals surface area contributed by atoms with Gasteiger partial charge in [-0.1, -0.05) is 17.4 Å². The summed E-state index contributed by atoms with van der Waals surface area (Å²) in [6, 6.07) is 10.2. The Morgan fingerprint density at radius 3 is 2.72 bits per heavy atom. The predicted molar refractivity (Wildman–Crippen MR) is 126 cm³/mol. The van der Waals surface area contributed by atoms with Crippen molar-refractivity contribution in [3.63, 3.8) is 0 Å². The smallest absolute Gasteiger partial charge is 0.211 e. The Labute approximate surface area is 190 Å². The number of H-pyrrole nitrogens is 1. The molecule has 1 saturated heterocycles. The van der Waals surface area contributed by atoms with E-state index in [1.165, 1.54) is 10.6 Å². The van der Waals surface area contributed by atoms with Gasteiger partial charge in [0.1, 0.15) is 5.82 Å². The minimum Gasteiger partial charge on any atom is -0.316 e. The Kier molecular flexibility index (Phi) is 5.64. The van der Waals surface area contributed by atoms with Crippen molar-refractivity contribution in [3.8, 4) is 11.1 Å². The molecule has 1 aliphatic rings. The minimum atomic E-state index is -3.11. The van der Waals surface area contributed by atoms with Crippen LogP contribution in [0.3, 0.4) is 0 Å². The summed E-state index contributed by atoms with van der Waals surface area (Å²) in [4.78, 5) is 11.4. The van der Waals surface area contributed by atoms with E-state index in [1.54, 1.807) is 23.7 Å². The molecule has 32 heavy (non-hydrogen) atoms. The second kappa shape index (κ2) is 8.58. The van der Waals surface area contributed by atoms with Gasteiger partial charge in [-0.25, -0.2) is 18.4 Å². The van der Waals surface area contributed by atoms with Crippen LogP contribution in [0, 0.1) is 0 Å². The summed E-state index contributed by atoms with van der Waals surface area (Å²) < 4.78 is 26.0. The first-order valence-corrected chi connectivity index (χ1v) is 12.9. The Morgan fingerprint density at radius 1 is 1.12 bits per heavy atom. The average molecular weight is 470 g/mol. The van der Waals surface area contributed by atoms with Gasteiger partial charge in [0.25, 0.3) is 0 Å². The molecular formula is C21H23N7O2S2. The van der Waals surface area contributed by atoms with Crippen molar-refractivity contribution in [2.75, 3.05) is 37.8 Å². The Balaban J connectivity index is 1.26. The van der Waals surface area contributed by atoms with E-state index >= 15 is 0 Å². The van der Waals surface area contributed by atoms with Crippen molar-refractivity contribution >= 4 is 42.5 Å². The van der Waals surface area contributed by atoms with Gasteiger partial charge in [-0.05, 0) is 35.4 Å². The molecule has 0 saturated carbocycles. The van der Waals surface area contributed by atoms with Gasteiger partial charge in [0.2, 0.25) is 10.0 Å². The van der Waals surface area contributed by atoms with Crippen LogP contribution in [0.25, 0.3) is 21.3 Å². The number of piperazine rings is 1. The Bertz CT molecular complexity index is 1330. The number of benzene rings is 1. The first-order valence-electron chi connectivity index (χ1n) is 10.2. The largest absolute Gasteiger partial charge is 0.316 e. The molecule has 0 bridgehead atoms. The normalized spacial score (nSPS) is 15.9. The van der Waals surface area contributed by atoms with E-state index in [0.29, 0.717) is 13.1 Å². The van der Waals surface area contributed by atoms with Gasteiger partial charge in [-0.2, -0.15) is 9.40 Å². The predicted octanol–water partition coefficient (Wildman–Crippen LogP) is 2.90. The lowest BCUT2D eigenvalue weighted by molar-refractivity contribution is 0.182. The maximum Gasteiger partial charge on any atom is 0.211 e. The lowest BCUT2D eigenvalue weighted by Crippen LogP contribution is -2.47. The Morgan fingerprint density at radius 2 is 1.97 bits per heavy atom. The molecule has 0 amide bonds. The zero-order chi connectivity index (χ0) is 22.1. The molecule has 1 aliphatic heterocycles. The molecule has 0 spiro atoms. The van der Waals surface area contributed by atoms with Crippen LogP contribution in [0.5, 0.6) is 0 Å². The molecule has 2 N–H and O–H groups in total. The summed E-state index contributed by atoms with van der Waals surface area (Å²) in [5.74, 6) is 0.742. The molecular weight excluding hydrogens is 446 g/mol. The van der Waals surface area contributed by atoms with Crippen LogP contribution in [0.4, 0.5) is 10.9 Å². The summed E-state index contributed by atoms with van der Waals surface area (Å²) >= 11 is 1.58. The average Bonchev–Trinajstić information content (AvgIpc) is 3.43. The van der Waals surface area contributed by atoms with E-state index < -0.39 is 10.0 Å². The number of fused-ring (bicyclic) bond motifs is 1. The molecule has 3 aromatic heterocycles. The van der Waals surface area contributed by atoms with E-state index in [-0.39, 0.29) is 0 Å². The molecule has 0 unspecified atom stereocenters. The number of aromatic amines is 1. The summed E-state index contributed by atoms with van der Waals surface area (Å²) in [6.07, 6.45) is 6.73. The molecule has 4 heterocycles. The molecule has 1 aromatic carbocycles. The lowest BCUT2D eigenvalue weighted by atomic mass is 10.1. The third-order valence-corrected chi connectivity index (χ3v) is 7.72. The van der Waals surface area contributed by atoms with Gasteiger partial charge in [0, 0.05) is 50.7 Å². The molecule has 0 radical (unpaired) electrons. The molecule has 11 heteroatoms. The molecule has 4 aromatic rings. The number of thiazole rings is 1. The van der Waals surface area contributed by atoms with Crippen molar-refractivity contribution in [3.05, 3.63) is 54.5 Å². The van der Waals surface area contributed by atoms with Crippen LogP contribution in [0.2, 0.25) is 0 Å². The molecule has 1 fully saturated rings. The number of nitrogens with zero attached hydrogens (tertiary/aromatic N) is 5. The van der Waals surface area contributed by atoms with Gasteiger partial charge in [-0.15, -0.1) is 0 Å². The number of hydrogen-bond acceptors (Lipinski definition) is 8. The quantitative estimate of drug-likeness (QED) is 0.447. The zero-order valence-corrected chi connectivity index (χ0v) is 19.2. The van der Waals surface area contributed by atoms with Crippen LogP contribution in [0.1, 0.15) is 5.56 Å². The highest BCUT2D eigenvalue weighted by Gasteiger charge is 2.23. The molecule has 0 aliphatic carbocycles. The van der Waals surface area contributed by atoms with Crippen molar-refractivity contribution < 1.29 is 8.42 Å². The first kappa shape index (κ1) is 21.0. The van der Waals surface area contributed by atoms with Crippen molar-refractivity contribution in [2.45, 2.75) is 6.54 Å². The van der Waals surface area contributed by atoms with E-state index in [2.05, 4.69) is 36.4 Å². The standard InChI is InChI=1S/C21H23N7O2S2/c1-32(29,30)28-8-6-27(7-9-28)14-15-4-5-22-20(10-15)26-21-25-18-3-2-16(11-19(18)31-21)17-12-23-24-13-17/h2-5,10-13H,6-9,14H2,1H3,(H,23,24)(H,22,25,26). The number of pyridine rings is 1. The summed E-state index contributed by atoms with van der Waals surface area (Å²) in [5, 5.41) is 11.0. The SMILES string of the molecule is CS(=O)(=O)N1CCN(Cc2ccnc(Nc3nc4ccc(-c5cn[nH]c5)cc4s3)c2)CC1. The fraction of sp³-hybridized carbons (Fsp3) is 0.286. The number of nitrogens with one attached hydrogen (secondary N) is 2. The summed E-state index contributed by atoms with van der Waals surface area (Å²) in [5.41, 5.74) is 4.20. The van der Waals surface area contributed by atoms with Gasteiger partial charge >= 0.3 is 0 Å². The molecule has 5 rings (SSSR count). The zero-order valence-electron chi connectivity index (χ0n) is 17.5. The minimum absolute atomic E-state index is 0.529. The molecule has 0 atom stereocenters. The van der Waals surface area contributed by atoms with Gasteiger partial charge in [0.05, 0.1) is 22.7 Å². The number of sulfonamides is 1. The third-order valence-electron chi connectivity index (χ3n) is 5.49. The van der Waals surface area contributed by atoms with Crippen LogP contribution < -0.4 is 5.32 Å². The highest BCUT2D eigenvalue weighted by molar-refractivity contribution is 7.88. The Hall–Kier alpha value is -2.86. The van der Waals surface area contributed by atoms with Crippen molar-refractivity contribution in [1.82, 2.24) is 29.4 Å². The first-order chi connectivity index (χ1) is 15.4. The van der Waals surface area contributed by atoms with Crippen LogP contribution in [-0.2, 0) is 16.6 Å². The van der Waals surface area contributed by atoms with E-state index in [1.807, 2.05) is 30.5 Å². The van der Waals surface area contributed by atoms with Crippen LogP contribution >= 0.6 is 11.3 Å². The third kappa shape index (κ3) is 4.65. The summed E-state index contributed by atoms with van der Waals surface area (Å²) in [6.45, 7) is 3.25. The van der Waals surface area contributed by atoms with E-state index in [9.17, 15) is 8.42 Å². The maximum atomic E-state index is 11.7. The van der Waals surface area contributed by atoms with Gasteiger partial charge in [0.15, 0.2) is 5.13 Å². The summed E-state index contributed by atoms with van der Waals surface area (Å²) in [7, 11) is -3.11. The maximum absolute atomic E-state index is 11.7. The topological polar surface area (TPSA) is 107 Å². The van der Waals surface area contributed by atoms with Gasteiger partial charge in [-0.3, -0.25) is 10.00 Å². The number of aromatic nitrogens is 4. The fourth-order valence-electron chi connectivity index (χ4n) is 3.79. The molecule has 166 valence electrons. The monoisotopic (exact) mass is 469 g/mol. The fourth-order valence-corrected chi connectivity index (χ4v) is 5.53. The van der Waals surface area contributed by atoms with Gasteiger partial charge < -0.3 is 5.32 Å². The van der Waals surface area contributed by atoms with E-state index in [4.69, 9.17) is 0 Å². The number of anilines is 2. The van der Waals surface area contributed by atoms with Crippen molar-refractivity contribution in [1.29, 1.82) is 0 Å². The second-order valence-corrected chi connectivity index (χ2v) is 10.8. The van der Waals surface area contributed by atoms with Crippen LogP contribution in [0.15, 0.2) is 48.9 Å². The lowest BCUT2D eigenvalue weighted by Gasteiger charge is -2.33.